The molecule has 0 amide bonds. The van der Waals surface area contributed by atoms with E-state index in [-0.39, 0.29) is 12.6 Å². The third-order valence-corrected chi connectivity index (χ3v) is 4.20. The minimum absolute atomic E-state index is 0.288. The zero-order valence-corrected chi connectivity index (χ0v) is 11.6. The zero-order valence-electron chi connectivity index (χ0n) is 9.98. The maximum Gasteiger partial charge on any atom is 0.348 e. The second-order valence-electron chi connectivity index (χ2n) is 3.80. The van der Waals surface area contributed by atoms with Crippen LogP contribution in [0.15, 0.2) is 36.4 Å². The lowest BCUT2D eigenvalue weighted by Gasteiger charge is -2.02. The first-order chi connectivity index (χ1) is 8.70. The number of ether oxygens (including phenoxy) is 1. The molecule has 0 unspecified atom stereocenters. The van der Waals surface area contributed by atoms with Gasteiger partial charge in [-0.15, -0.1) is 11.3 Å². The van der Waals surface area contributed by atoms with E-state index in [4.69, 9.17) is 16.3 Å². The molecule has 0 spiro atoms. The number of carbonyl (C=O) groups excluding carboxylic acids is 1. The Hall–Kier alpha value is -1.32. The monoisotopic (exact) mass is 280 g/mol. The largest absolute Gasteiger partial charge is 0.457 e. The molecular weight excluding hydrogens is 268 g/mol. The summed E-state index contributed by atoms with van der Waals surface area (Å²) >= 11 is 7.41. The number of halogens is 1. The molecule has 4 heteroatoms. The SMILES string of the molecule is CCc1sc(C(=O)OCc2ccccc2)cc1Cl. The lowest BCUT2D eigenvalue weighted by Crippen LogP contribution is -2.02. The minimum Gasteiger partial charge on any atom is -0.457 e. The number of hydrogen-bond donors (Lipinski definition) is 0. The molecule has 2 nitrogen and oxygen atoms in total. The number of carbonyl (C=O) groups is 1. The predicted octanol–water partition coefficient (Wildman–Crippen LogP) is 4.32. The number of esters is 1. The molecule has 0 aliphatic heterocycles. The summed E-state index contributed by atoms with van der Waals surface area (Å²) in [7, 11) is 0. The normalized spacial score (nSPS) is 10.3. The fraction of sp³-hybridized carbons (Fsp3) is 0.214. The first-order valence-corrected chi connectivity index (χ1v) is 6.89. The van der Waals surface area contributed by atoms with Crippen LogP contribution in [-0.2, 0) is 17.8 Å². The number of benzene rings is 1. The van der Waals surface area contributed by atoms with E-state index in [1.54, 1.807) is 6.07 Å². The average molecular weight is 281 g/mol. The van der Waals surface area contributed by atoms with Gasteiger partial charge in [-0.2, -0.15) is 0 Å². The smallest absolute Gasteiger partial charge is 0.348 e. The first kappa shape index (κ1) is 13.1. The van der Waals surface area contributed by atoms with Crippen LogP contribution in [0.3, 0.4) is 0 Å². The van der Waals surface area contributed by atoms with Crippen LogP contribution in [0.2, 0.25) is 5.02 Å². The van der Waals surface area contributed by atoms with Crippen molar-refractivity contribution in [1.29, 1.82) is 0 Å². The van der Waals surface area contributed by atoms with Crippen molar-refractivity contribution in [2.75, 3.05) is 0 Å². The standard InChI is InChI=1S/C14H13ClO2S/c1-2-12-11(15)8-13(18-12)14(16)17-9-10-6-4-3-5-7-10/h3-8H,2,9H2,1H3. The average Bonchev–Trinajstić information content (AvgIpc) is 2.78. The Morgan fingerprint density at radius 3 is 2.67 bits per heavy atom. The quantitative estimate of drug-likeness (QED) is 0.780. The van der Waals surface area contributed by atoms with Gasteiger partial charge >= 0.3 is 5.97 Å². The summed E-state index contributed by atoms with van der Waals surface area (Å²) in [6, 6.07) is 11.3. The highest BCUT2D eigenvalue weighted by Gasteiger charge is 2.13. The number of aryl methyl sites for hydroxylation is 1. The van der Waals surface area contributed by atoms with Gasteiger partial charge in [-0.05, 0) is 18.1 Å². The van der Waals surface area contributed by atoms with Crippen molar-refractivity contribution in [2.45, 2.75) is 20.0 Å². The van der Waals surface area contributed by atoms with E-state index in [0.717, 1.165) is 16.9 Å². The summed E-state index contributed by atoms with van der Waals surface area (Å²) in [4.78, 5) is 13.4. The highest BCUT2D eigenvalue weighted by Crippen LogP contribution is 2.28. The number of thiophene rings is 1. The van der Waals surface area contributed by atoms with Crippen molar-refractivity contribution in [3.05, 3.63) is 56.7 Å². The molecular formula is C14H13ClO2S. The molecule has 94 valence electrons. The summed E-state index contributed by atoms with van der Waals surface area (Å²) in [5, 5.41) is 0.647. The van der Waals surface area contributed by atoms with Crippen LogP contribution in [-0.4, -0.2) is 5.97 Å². The summed E-state index contributed by atoms with van der Waals surface area (Å²) in [6.45, 7) is 2.30. The van der Waals surface area contributed by atoms with Crippen molar-refractivity contribution in [3.8, 4) is 0 Å². The molecule has 18 heavy (non-hydrogen) atoms. The number of rotatable bonds is 4. The van der Waals surface area contributed by atoms with Gasteiger partial charge in [0, 0.05) is 4.88 Å². The van der Waals surface area contributed by atoms with Gasteiger partial charge in [-0.1, -0.05) is 48.9 Å². The molecule has 0 fully saturated rings. The van der Waals surface area contributed by atoms with E-state index in [0.29, 0.717) is 9.90 Å². The predicted molar refractivity (Wildman–Crippen MR) is 74.3 cm³/mol. The zero-order chi connectivity index (χ0) is 13.0. The van der Waals surface area contributed by atoms with Crippen molar-refractivity contribution in [2.24, 2.45) is 0 Å². The van der Waals surface area contributed by atoms with E-state index in [9.17, 15) is 4.79 Å². The fourth-order valence-corrected chi connectivity index (χ4v) is 2.85. The van der Waals surface area contributed by atoms with E-state index >= 15 is 0 Å². The Kier molecular flexibility index (Phi) is 4.39. The molecule has 2 aromatic rings. The molecule has 0 aliphatic rings. The van der Waals surface area contributed by atoms with Crippen LogP contribution in [0.4, 0.5) is 0 Å². The van der Waals surface area contributed by atoms with Crippen LogP contribution >= 0.6 is 22.9 Å². The van der Waals surface area contributed by atoms with Gasteiger partial charge in [0.2, 0.25) is 0 Å². The Bertz CT molecular complexity index is 534. The van der Waals surface area contributed by atoms with Gasteiger partial charge in [0.25, 0.3) is 0 Å². The van der Waals surface area contributed by atoms with Crippen LogP contribution in [0.5, 0.6) is 0 Å². The van der Waals surface area contributed by atoms with Crippen LogP contribution in [0.1, 0.15) is 27.0 Å². The van der Waals surface area contributed by atoms with Crippen LogP contribution in [0, 0.1) is 0 Å². The second kappa shape index (κ2) is 6.03. The second-order valence-corrected chi connectivity index (χ2v) is 5.34. The van der Waals surface area contributed by atoms with Crippen molar-refractivity contribution >= 4 is 28.9 Å². The topological polar surface area (TPSA) is 26.3 Å². The molecule has 0 saturated carbocycles. The van der Waals surface area contributed by atoms with Gasteiger partial charge < -0.3 is 4.74 Å². The van der Waals surface area contributed by atoms with Crippen molar-refractivity contribution < 1.29 is 9.53 Å². The minimum atomic E-state index is -0.314. The van der Waals surface area contributed by atoms with Crippen LogP contribution < -0.4 is 0 Å². The molecule has 0 radical (unpaired) electrons. The fourth-order valence-electron chi connectivity index (χ4n) is 1.54. The van der Waals surface area contributed by atoms with Gasteiger partial charge in [-0.3, -0.25) is 0 Å². The Morgan fingerprint density at radius 1 is 1.33 bits per heavy atom. The van der Waals surface area contributed by atoms with Crippen molar-refractivity contribution in [3.63, 3.8) is 0 Å². The van der Waals surface area contributed by atoms with Crippen molar-refractivity contribution in [1.82, 2.24) is 0 Å². The maximum absolute atomic E-state index is 11.8. The molecule has 2 rings (SSSR count). The first-order valence-electron chi connectivity index (χ1n) is 5.70. The molecule has 1 aromatic carbocycles. The lowest BCUT2D eigenvalue weighted by molar-refractivity contribution is 0.0478. The van der Waals surface area contributed by atoms with Gasteiger partial charge in [-0.25, -0.2) is 4.79 Å². The molecule has 1 aromatic heterocycles. The third kappa shape index (κ3) is 3.12. The molecule has 0 saturated heterocycles. The van der Waals surface area contributed by atoms with Gasteiger partial charge in [0.1, 0.15) is 11.5 Å². The molecule has 0 N–H and O–H groups in total. The highest BCUT2D eigenvalue weighted by molar-refractivity contribution is 7.14. The lowest BCUT2D eigenvalue weighted by atomic mass is 10.2. The van der Waals surface area contributed by atoms with E-state index in [1.165, 1.54) is 11.3 Å². The third-order valence-electron chi connectivity index (χ3n) is 2.49. The van der Waals surface area contributed by atoms with E-state index < -0.39 is 0 Å². The Morgan fingerprint density at radius 2 is 2.06 bits per heavy atom. The Labute approximate surface area is 115 Å². The molecule has 0 atom stereocenters. The summed E-state index contributed by atoms with van der Waals surface area (Å²) in [5.41, 5.74) is 0.976. The molecule has 1 heterocycles. The van der Waals surface area contributed by atoms with Gasteiger partial charge in [0.05, 0.1) is 5.02 Å². The summed E-state index contributed by atoms with van der Waals surface area (Å²) in [6.07, 6.45) is 0.829. The Balaban J connectivity index is 1.99. The van der Waals surface area contributed by atoms with E-state index in [2.05, 4.69) is 0 Å². The number of hydrogen-bond acceptors (Lipinski definition) is 3. The summed E-state index contributed by atoms with van der Waals surface area (Å²) in [5.74, 6) is -0.314. The maximum atomic E-state index is 11.8. The molecule has 0 bridgehead atoms. The molecule has 0 aliphatic carbocycles. The highest BCUT2D eigenvalue weighted by atomic mass is 35.5. The summed E-state index contributed by atoms with van der Waals surface area (Å²) < 4.78 is 5.24. The van der Waals surface area contributed by atoms with Gasteiger partial charge in [0.15, 0.2) is 0 Å². The van der Waals surface area contributed by atoms with Crippen LogP contribution in [0.25, 0.3) is 0 Å². The van der Waals surface area contributed by atoms with E-state index in [1.807, 2.05) is 37.3 Å².